The number of methoxy groups -OCH3 is 2. The van der Waals surface area contributed by atoms with Gasteiger partial charge in [0.15, 0.2) is 19.9 Å². The first-order valence-corrected chi connectivity index (χ1v) is 19.6. The van der Waals surface area contributed by atoms with Crippen LogP contribution in [-0.2, 0) is 27.6 Å². The Labute approximate surface area is 268 Å². The van der Waals surface area contributed by atoms with Gasteiger partial charge < -0.3 is 23.5 Å². The standard InChI is InChI=1S/C33H46FN3O6SSi/c1-32(2,3)45(7,8)43-33(4)26(23-44(38,39)36-21-24-9-13-27(40-5)14-10-24)18-20-37(33)31-30(34)29(17-19-35-31)42-22-25-11-15-28(41-6)16-12-25/h9-17,19,26,36H,18,20-23H2,1-8H3. The molecule has 0 aliphatic carbocycles. The van der Waals surface area contributed by atoms with E-state index in [1.807, 2.05) is 43.3 Å². The minimum Gasteiger partial charge on any atom is -0.497 e. The molecule has 0 spiro atoms. The van der Waals surface area contributed by atoms with E-state index < -0.39 is 35.8 Å². The van der Waals surface area contributed by atoms with Crippen LogP contribution in [-0.4, -0.2) is 54.0 Å². The zero-order valence-electron chi connectivity index (χ0n) is 27.5. The molecular weight excluding hydrogens is 614 g/mol. The SMILES string of the molecule is COc1ccc(CNS(=O)(=O)CC2CCN(c3nccc(OCc4ccc(OC)cc4)c3F)C2(C)O[Si](C)(C)C(C)(C)C)cc1. The predicted octanol–water partition coefficient (Wildman–Crippen LogP) is 6.50. The van der Waals surface area contributed by atoms with Gasteiger partial charge in [-0.05, 0) is 66.9 Å². The van der Waals surface area contributed by atoms with E-state index in [2.05, 4.69) is 43.6 Å². The Hall–Kier alpha value is -3.19. The van der Waals surface area contributed by atoms with Crippen molar-refractivity contribution >= 4 is 24.2 Å². The average molecular weight is 660 g/mol. The van der Waals surface area contributed by atoms with Crippen molar-refractivity contribution in [3.05, 3.63) is 77.7 Å². The van der Waals surface area contributed by atoms with Crippen molar-refractivity contribution < 1.29 is 31.4 Å². The zero-order valence-corrected chi connectivity index (χ0v) is 29.3. The van der Waals surface area contributed by atoms with Crippen LogP contribution in [0.4, 0.5) is 10.2 Å². The van der Waals surface area contributed by atoms with Crippen LogP contribution in [0.25, 0.3) is 0 Å². The summed E-state index contributed by atoms with van der Waals surface area (Å²) in [6.45, 7) is 13.1. The van der Waals surface area contributed by atoms with Gasteiger partial charge in [0.2, 0.25) is 15.8 Å². The smallest absolute Gasteiger partial charge is 0.212 e. The van der Waals surface area contributed by atoms with Crippen molar-refractivity contribution in [1.29, 1.82) is 0 Å². The lowest BCUT2D eigenvalue weighted by Gasteiger charge is -2.48. The number of rotatable bonds is 13. The molecule has 0 amide bonds. The molecule has 2 unspecified atom stereocenters. The first kappa shape index (κ1) is 34.7. The molecule has 9 nitrogen and oxygen atoms in total. The highest BCUT2D eigenvalue weighted by atomic mass is 32.2. The van der Waals surface area contributed by atoms with E-state index in [-0.39, 0.29) is 35.5 Å². The summed E-state index contributed by atoms with van der Waals surface area (Å²) in [5.41, 5.74) is 0.527. The van der Waals surface area contributed by atoms with Crippen LogP contribution in [0.1, 0.15) is 45.2 Å². The number of sulfonamides is 1. The molecular formula is C33H46FN3O6SSi. The van der Waals surface area contributed by atoms with E-state index in [0.717, 1.165) is 16.9 Å². The molecule has 2 atom stereocenters. The largest absolute Gasteiger partial charge is 0.497 e. The summed E-state index contributed by atoms with van der Waals surface area (Å²) in [6, 6.07) is 16.1. The topological polar surface area (TPSA) is 99.2 Å². The Balaban J connectivity index is 1.59. The molecule has 12 heteroatoms. The molecule has 1 saturated heterocycles. The van der Waals surface area contributed by atoms with E-state index in [9.17, 15) is 8.42 Å². The van der Waals surface area contributed by atoms with E-state index in [4.69, 9.17) is 18.6 Å². The molecule has 0 saturated carbocycles. The minimum absolute atomic E-state index is 0.0581. The van der Waals surface area contributed by atoms with Crippen molar-refractivity contribution in [2.75, 3.05) is 31.4 Å². The monoisotopic (exact) mass is 659 g/mol. The van der Waals surface area contributed by atoms with Crippen molar-refractivity contribution in [3.63, 3.8) is 0 Å². The highest BCUT2D eigenvalue weighted by Crippen LogP contribution is 2.47. The lowest BCUT2D eigenvalue weighted by Crippen LogP contribution is -2.58. The number of aromatic nitrogens is 1. The maximum Gasteiger partial charge on any atom is 0.212 e. The van der Waals surface area contributed by atoms with Gasteiger partial charge in [0.1, 0.15) is 23.8 Å². The Morgan fingerprint density at radius 2 is 1.58 bits per heavy atom. The molecule has 0 radical (unpaired) electrons. The van der Waals surface area contributed by atoms with Gasteiger partial charge in [-0.1, -0.05) is 45.0 Å². The number of ether oxygens (including phenoxy) is 3. The Morgan fingerprint density at radius 1 is 1.00 bits per heavy atom. The third kappa shape index (κ3) is 8.16. The van der Waals surface area contributed by atoms with E-state index >= 15 is 4.39 Å². The Kier molecular flexibility index (Phi) is 10.5. The van der Waals surface area contributed by atoms with Crippen LogP contribution in [0.5, 0.6) is 17.2 Å². The molecule has 45 heavy (non-hydrogen) atoms. The number of nitrogens with zero attached hydrogens (tertiary/aromatic N) is 2. The zero-order chi connectivity index (χ0) is 33.0. The molecule has 246 valence electrons. The van der Waals surface area contributed by atoms with Crippen LogP contribution in [0.2, 0.25) is 18.1 Å². The minimum atomic E-state index is -3.73. The fourth-order valence-electron chi connectivity index (χ4n) is 5.22. The fraction of sp³-hybridized carbons (Fsp3) is 0.485. The highest BCUT2D eigenvalue weighted by Gasteiger charge is 2.54. The number of benzene rings is 2. The first-order valence-electron chi connectivity index (χ1n) is 15.1. The third-order valence-corrected chi connectivity index (χ3v) is 14.9. The van der Waals surface area contributed by atoms with Gasteiger partial charge in [0.25, 0.3) is 0 Å². The van der Waals surface area contributed by atoms with Gasteiger partial charge in [-0.2, -0.15) is 4.39 Å². The number of hydrogen-bond acceptors (Lipinski definition) is 8. The maximum absolute atomic E-state index is 16.2. The molecule has 1 N–H and O–H groups in total. The van der Waals surface area contributed by atoms with Gasteiger partial charge in [-0.25, -0.2) is 18.1 Å². The van der Waals surface area contributed by atoms with Gasteiger partial charge in [0, 0.05) is 31.3 Å². The van der Waals surface area contributed by atoms with Crippen LogP contribution in [0.15, 0.2) is 60.8 Å². The van der Waals surface area contributed by atoms with Gasteiger partial charge >= 0.3 is 0 Å². The van der Waals surface area contributed by atoms with E-state index in [1.54, 1.807) is 31.3 Å². The number of halogens is 1. The van der Waals surface area contributed by atoms with Gasteiger partial charge in [-0.3, -0.25) is 0 Å². The third-order valence-electron chi connectivity index (χ3n) is 8.98. The number of pyridine rings is 1. The molecule has 2 aromatic carbocycles. The van der Waals surface area contributed by atoms with Crippen molar-refractivity contribution in [2.45, 2.75) is 71.1 Å². The number of anilines is 1. The van der Waals surface area contributed by atoms with Gasteiger partial charge in [0.05, 0.1) is 20.0 Å². The molecule has 4 rings (SSSR count). The van der Waals surface area contributed by atoms with Crippen LogP contribution < -0.4 is 23.8 Å². The number of hydrogen-bond donors (Lipinski definition) is 1. The number of nitrogens with one attached hydrogen (secondary N) is 1. The summed E-state index contributed by atoms with van der Waals surface area (Å²) in [6.07, 6.45) is 1.99. The summed E-state index contributed by atoms with van der Waals surface area (Å²) in [5, 5.41) is -0.171. The summed E-state index contributed by atoms with van der Waals surface area (Å²) < 4.78 is 69.1. The van der Waals surface area contributed by atoms with Crippen LogP contribution in [0, 0.1) is 11.7 Å². The van der Waals surface area contributed by atoms with Crippen LogP contribution in [0.3, 0.4) is 0 Å². The second kappa shape index (κ2) is 13.7. The van der Waals surface area contributed by atoms with Gasteiger partial charge in [-0.15, -0.1) is 0 Å². The average Bonchev–Trinajstić information content (AvgIpc) is 3.28. The maximum atomic E-state index is 16.2. The highest BCUT2D eigenvalue weighted by molar-refractivity contribution is 7.89. The second-order valence-electron chi connectivity index (χ2n) is 13.1. The van der Waals surface area contributed by atoms with E-state index in [1.165, 1.54) is 12.3 Å². The van der Waals surface area contributed by atoms with Crippen molar-refractivity contribution in [2.24, 2.45) is 5.92 Å². The Morgan fingerprint density at radius 3 is 2.13 bits per heavy atom. The molecule has 1 aliphatic rings. The van der Waals surface area contributed by atoms with Crippen molar-refractivity contribution in [1.82, 2.24) is 9.71 Å². The molecule has 2 heterocycles. The van der Waals surface area contributed by atoms with E-state index in [0.29, 0.717) is 18.7 Å². The molecule has 0 bridgehead atoms. The quantitative estimate of drug-likeness (QED) is 0.208. The van der Waals surface area contributed by atoms with Crippen LogP contribution >= 0.6 is 0 Å². The van der Waals surface area contributed by atoms with Crippen molar-refractivity contribution in [3.8, 4) is 17.2 Å². The summed E-state index contributed by atoms with van der Waals surface area (Å²) in [5.74, 6) is 0.306. The summed E-state index contributed by atoms with van der Waals surface area (Å²) >= 11 is 0. The Bertz CT molecular complexity index is 1550. The summed E-state index contributed by atoms with van der Waals surface area (Å²) in [4.78, 5) is 6.21. The normalized spacial score (nSPS) is 19.0. The first-order chi connectivity index (χ1) is 21.1. The predicted molar refractivity (Wildman–Crippen MR) is 177 cm³/mol. The molecule has 1 aliphatic heterocycles. The summed E-state index contributed by atoms with van der Waals surface area (Å²) in [7, 11) is -3.02. The second-order valence-corrected chi connectivity index (χ2v) is 19.7. The molecule has 1 aromatic heterocycles. The molecule has 3 aromatic rings. The lowest BCUT2D eigenvalue weighted by molar-refractivity contribution is 0.0432. The lowest BCUT2D eigenvalue weighted by atomic mass is 10.0. The fourth-order valence-corrected chi connectivity index (χ4v) is 8.34. The molecule has 1 fully saturated rings.